The predicted octanol–water partition coefficient (Wildman–Crippen LogP) is 2.79. The molecule has 2 heterocycles. The molecule has 2 aliphatic rings. The van der Waals surface area contributed by atoms with Gasteiger partial charge in [-0.1, -0.05) is 29.8 Å². The van der Waals surface area contributed by atoms with Crippen LogP contribution in [-0.4, -0.2) is 73.6 Å². The van der Waals surface area contributed by atoms with Crippen molar-refractivity contribution in [2.75, 3.05) is 40.0 Å². The van der Waals surface area contributed by atoms with Crippen molar-refractivity contribution in [3.05, 3.63) is 34.9 Å². The van der Waals surface area contributed by atoms with Gasteiger partial charge < -0.3 is 14.4 Å². The molecule has 0 aliphatic carbocycles. The second-order valence-corrected chi connectivity index (χ2v) is 8.59. The lowest BCUT2D eigenvalue weighted by Gasteiger charge is -2.31. The van der Waals surface area contributed by atoms with Gasteiger partial charge in [0.15, 0.2) is 0 Å². The second-order valence-electron chi connectivity index (χ2n) is 8.18. The summed E-state index contributed by atoms with van der Waals surface area (Å²) in [6, 6.07) is 6.99. The number of ether oxygens (including phenoxy) is 2. The van der Waals surface area contributed by atoms with Gasteiger partial charge >= 0.3 is 0 Å². The monoisotopic (exact) mass is 450 g/mol. The van der Waals surface area contributed by atoms with Crippen LogP contribution in [0.1, 0.15) is 44.6 Å². The Kier molecular flexibility index (Phi) is 8.08. The highest BCUT2D eigenvalue weighted by Gasteiger charge is 2.54. The highest BCUT2D eigenvalue weighted by atomic mass is 35.5. The van der Waals surface area contributed by atoms with Gasteiger partial charge in [-0.25, -0.2) is 0 Å². The average molecular weight is 451 g/mol. The van der Waals surface area contributed by atoms with Crippen LogP contribution in [0.5, 0.6) is 0 Å². The summed E-state index contributed by atoms with van der Waals surface area (Å²) in [5.74, 6) is -0.808. The number of likely N-dealkylation sites (tertiary alicyclic amines) is 1. The first-order valence-electron chi connectivity index (χ1n) is 10.9. The van der Waals surface area contributed by atoms with Crippen LogP contribution in [-0.2, 0) is 29.3 Å². The third-order valence-electron chi connectivity index (χ3n) is 6.16. The zero-order valence-electron chi connectivity index (χ0n) is 18.3. The van der Waals surface area contributed by atoms with Crippen LogP contribution < -0.4 is 0 Å². The number of hydrogen-bond donors (Lipinski definition) is 0. The minimum Gasteiger partial charge on any atom is -0.385 e. The van der Waals surface area contributed by atoms with Gasteiger partial charge in [-0.3, -0.25) is 19.3 Å². The van der Waals surface area contributed by atoms with Gasteiger partial charge in [-0.15, -0.1) is 0 Å². The molecule has 0 spiro atoms. The van der Waals surface area contributed by atoms with Crippen molar-refractivity contribution in [2.24, 2.45) is 0 Å². The molecule has 0 saturated carbocycles. The van der Waals surface area contributed by atoms with E-state index in [1.807, 2.05) is 6.92 Å². The number of amides is 3. The Morgan fingerprint density at radius 2 is 2.13 bits per heavy atom. The summed E-state index contributed by atoms with van der Waals surface area (Å²) < 4.78 is 10.7. The molecule has 2 aliphatic heterocycles. The summed E-state index contributed by atoms with van der Waals surface area (Å²) in [4.78, 5) is 42.8. The third-order valence-corrected chi connectivity index (χ3v) is 6.49. The molecule has 2 fully saturated rings. The summed E-state index contributed by atoms with van der Waals surface area (Å²) in [6.07, 6.45) is 2.31. The first kappa shape index (κ1) is 23.7. The van der Waals surface area contributed by atoms with E-state index in [1.165, 1.54) is 4.90 Å². The molecule has 31 heavy (non-hydrogen) atoms. The van der Waals surface area contributed by atoms with Crippen LogP contribution in [0, 0.1) is 0 Å². The smallest absolute Gasteiger partial charge is 0.240 e. The maximum atomic E-state index is 13.6. The van der Waals surface area contributed by atoms with Crippen molar-refractivity contribution in [1.82, 2.24) is 9.80 Å². The average Bonchev–Trinajstić information content (AvgIpc) is 3.34. The normalized spacial score (nSPS) is 23.6. The number of hydrogen-bond acceptors (Lipinski definition) is 5. The summed E-state index contributed by atoms with van der Waals surface area (Å²) >= 11 is 6.47. The lowest BCUT2D eigenvalue weighted by molar-refractivity contribution is -0.143. The Labute approximate surface area is 188 Å². The fraction of sp³-hybridized carbons (Fsp3) is 0.609. The van der Waals surface area contributed by atoms with E-state index in [2.05, 4.69) is 0 Å². The topological polar surface area (TPSA) is 76.2 Å². The van der Waals surface area contributed by atoms with E-state index in [4.69, 9.17) is 21.1 Å². The molecule has 0 N–H and O–H groups in total. The van der Waals surface area contributed by atoms with E-state index in [-0.39, 0.29) is 43.2 Å². The molecule has 8 heteroatoms. The minimum atomic E-state index is -1.29. The molecule has 7 nitrogen and oxygen atoms in total. The standard InChI is InChI=1S/C23H31ClN2O5/c1-3-25(16-17-8-6-13-31-17)20(27)14-23(18-9-4-5-10-19(18)24)15-21(28)26(22(23)29)11-7-12-30-2/h4-5,9-10,17H,3,6-8,11-16H2,1-2H3/t17-,23+/m0/s1. The maximum absolute atomic E-state index is 13.6. The van der Waals surface area contributed by atoms with E-state index < -0.39 is 5.41 Å². The van der Waals surface area contributed by atoms with Crippen molar-refractivity contribution in [1.29, 1.82) is 0 Å². The van der Waals surface area contributed by atoms with Crippen LogP contribution >= 0.6 is 11.6 Å². The van der Waals surface area contributed by atoms with E-state index in [0.717, 1.165) is 12.8 Å². The lowest BCUT2D eigenvalue weighted by Crippen LogP contribution is -2.45. The van der Waals surface area contributed by atoms with E-state index >= 15 is 0 Å². The number of benzene rings is 1. The number of rotatable bonds is 10. The number of likely N-dealkylation sites (N-methyl/N-ethyl adjacent to an activating group) is 1. The van der Waals surface area contributed by atoms with E-state index in [9.17, 15) is 14.4 Å². The predicted molar refractivity (Wildman–Crippen MR) is 117 cm³/mol. The fourth-order valence-electron chi connectivity index (χ4n) is 4.50. The van der Waals surface area contributed by atoms with Gasteiger partial charge in [0.2, 0.25) is 17.7 Å². The minimum absolute atomic E-state index is 0.0200. The molecule has 1 aromatic carbocycles. The Morgan fingerprint density at radius 3 is 2.77 bits per heavy atom. The molecule has 2 atom stereocenters. The van der Waals surface area contributed by atoms with Crippen molar-refractivity contribution in [3.63, 3.8) is 0 Å². The van der Waals surface area contributed by atoms with Gasteiger partial charge in [-0.05, 0) is 37.8 Å². The van der Waals surface area contributed by atoms with Crippen molar-refractivity contribution in [2.45, 2.75) is 50.5 Å². The Balaban J connectivity index is 1.88. The van der Waals surface area contributed by atoms with Gasteiger partial charge in [0, 0.05) is 57.8 Å². The number of carbonyl (C=O) groups excluding carboxylic acids is 3. The van der Waals surface area contributed by atoms with Gasteiger partial charge in [0.1, 0.15) is 0 Å². The SMILES string of the molecule is CCN(C[C@@H]1CCCO1)C(=O)C[C@]1(c2ccccc2Cl)CC(=O)N(CCCOC)C1=O. The van der Waals surface area contributed by atoms with Crippen molar-refractivity contribution >= 4 is 29.3 Å². The highest BCUT2D eigenvalue weighted by molar-refractivity contribution is 6.32. The Morgan fingerprint density at radius 1 is 1.35 bits per heavy atom. The van der Waals surface area contributed by atoms with Crippen LogP contribution in [0.15, 0.2) is 24.3 Å². The summed E-state index contributed by atoms with van der Waals surface area (Å²) in [5.41, 5.74) is -0.755. The zero-order chi connectivity index (χ0) is 22.4. The molecule has 170 valence electrons. The molecule has 0 radical (unpaired) electrons. The van der Waals surface area contributed by atoms with E-state index in [0.29, 0.717) is 43.3 Å². The molecule has 2 saturated heterocycles. The summed E-state index contributed by atoms with van der Waals surface area (Å²) in [6.45, 7) is 4.33. The summed E-state index contributed by atoms with van der Waals surface area (Å²) in [7, 11) is 1.58. The first-order valence-corrected chi connectivity index (χ1v) is 11.3. The zero-order valence-corrected chi connectivity index (χ0v) is 19.0. The number of imide groups is 1. The van der Waals surface area contributed by atoms with Crippen LogP contribution in [0.2, 0.25) is 5.02 Å². The molecule has 1 aromatic rings. The molecule has 3 amide bonds. The molecule has 0 bridgehead atoms. The molecule has 0 unspecified atom stereocenters. The van der Waals surface area contributed by atoms with Crippen LogP contribution in [0.4, 0.5) is 0 Å². The highest BCUT2D eigenvalue weighted by Crippen LogP contribution is 2.43. The largest absolute Gasteiger partial charge is 0.385 e. The summed E-state index contributed by atoms with van der Waals surface area (Å²) in [5, 5.41) is 0.386. The Hall–Kier alpha value is -1.96. The van der Waals surface area contributed by atoms with E-state index in [1.54, 1.807) is 36.3 Å². The fourth-order valence-corrected chi connectivity index (χ4v) is 4.82. The molecule has 0 aromatic heterocycles. The van der Waals surface area contributed by atoms with Crippen LogP contribution in [0.3, 0.4) is 0 Å². The van der Waals surface area contributed by atoms with Crippen LogP contribution in [0.25, 0.3) is 0 Å². The molecular formula is C23H31ClN2O5. The Bertz CT molecular complexity index is 811. The maximum Gasteiger partial charge on any atom is 0.240 e. The molecule has 3 rings (SSSR count). The van der Waals surface area contributed by atoms with Crippen molar-refractivity contribution in [3.8, 4) is 0 Å². The van der Waals surface area contributed by atoms with Gasteiger partial charge in [-0.2, -0.15) is 0 Å². The lowest BCUT2D eigenvalue weighted by atomic mass is 9.75. The van der Waals surface area contributed by atoms with Gasteiger partial charge in [0.25, 0.3) is 0 Å². The first-order chi connectivity index (χ1) is 14.9. The third kappa shape index (κ3) is 5.10. The number of halogens is 1. The quantitative estimate of drug-likeness (QED) is 0.404. The van der Waals surface area contributed by atoms with Crippen molar-refractivity contribution < 1.29 is 23.9 Å². The van der Waals surface area contributed by atoms with Gasteiger partial charge in [0.05, 0.1) is 11.5 Å². The molecular weight excluding hydrogens is 420 g/mol. The number of nitrogens with zero attached hydrogens (tertiary/aromatic N) is 2. The second kappa shape index (κ2) is 10.6. The number of carbonyl (C=O) groups is 3. The number of methoxy groups -OCH3 is 1.